The van der Waals surface area contributed by atoms with E-state index < -0.39 is 0 Å². The Morgan fingerprint density at radius 3 is 2.71 bits per heavy atom. The predicted octanol–water partition coefficient (Wildman–Crippen LogP) is 3.11. The maximum atomic E-state index is 4.11. The molecule has 0 unspecified atom stereocenters. The Hall–Kier alpha value is -0.130. The number of aryl methyl sites for hydroxylation is 1. The van der Waals surface area contributed by atoms with E-state index in [1.54, 1.807) is 11.3 Å². The topological polar surface area (TPSA) is 37.8 Å². The van der Waals surface area contributed by atoms with Crippen molar-refractivity contribution in [2.75, 3.05) is 12.3 Å². The van der Waals surface area contributed by atoms with Crippen LogP contribution in [0.25, 0.3) is 0 Å². The third-order valence-electron chi connectivity index (χ3n) is 3.28. The average Bonchev–Trinajstić information content (AvgIpc) is 2.73. The molecular formula is C12H21N3S2. The summed E-state index contributed by atoms with van der Waals surface area (Å²) >= 11 is 3.50. The summed E-state index contributed by atoms with van der Waals surface area (Å²) in [6, 6.07) is 0.753. The Kier molecular flexibility index (Phi) is 5.25. The molecule has 17 heavy (non-hydrogen) atoms. The van der Waals surface area contributed by atoms with Gasteiger partial charge in [0.2, 0.25) is 0 Å². The van der Waals surface area contributed by atoms with E-state index in [0.717, 1.165) is 33.6 Å². The summed E-state index contributed by atoms with van der Waals surface area (Å²) in [7, 11) is 0. The fourth-order valence-corrected chi connectivity index (χ4v) is 3.96. The molecule has 1 fully saturated rings. The minimum absolute atomic E-state index is 0.753. The Labute approximate surface area is 112 Å². The maximum absolute atomic E-state index is 4.11. The van der Waals surface area contributed by atoms with Crippen LogP contribution in [0, 0.1) is 12.8 Å². The zero-order valence-corrected chi connectivity index (χ0v) is 12.2. The molecule has 1 aliphatic carbocycles. The van der Waals surface area contributed by atoms with Crippen LogP contribution >= 0.6 is 23.1 Å². The number of rotatable bonds is 5. The first-order valence-electron chi connectivity index (χ1n) is 6.40. The largest absolute Gasteiger partial charge is 0.313 e. The third-order valence-corrected chi connectivity index (χ3v) is 5.26. The summed E-state index contributed by atoms with van der Waals surface area (Å²) in [6.45, 7) is 5.45. The van der Waals surface area contributed by atoms with Gasteiger partial charge in [0.1, 0.15) is 5.01 Å². The SMILES string of the molecule is Cc1nnc(SCCNC2CCC(C)CC2)s1. The van der Waals surface area contributed by atoms with Crippen LogP contribution in [-0.2, 0) is 0 Å². The van der Waals surface area contributed by atoms with Crippen molar-refractivity contribution >= 4 is 23.1 Å². The van der Waals surface area contributed by atoms with Crippen LogP contribution in [0.5, 0.6) is 0 Å². The normalized spacial score (nSPS) is 25.1. The summed E-state index contributed by atoms with van der Waals surface area (Å²) in [5, 5.41) is 12.8. The van der Waals surface area contributed by atoms with Gasteiger partial charge in [0.15, 0.2) is 4.34 Å². The molecule has 5 heteroatoms. The molecule has 1 N–H and O–H groups in total. The first-order chi connectivity index (χ1) is 8.24. The van der Waals surface area contributed by atoms with Crippen LogP contribution in [0.2, 0.25) is 0 Å². The van der Waals surface area contributed by atoms with Crippen LogP contribution in [0.4, 0.5) is 0 Å². The van der Waals surface area contributed by atoms with Crippen molar-refractivity contribution in [1.29, 1.82) is 0 Å². The Morgan fingerprint density at radius 1 is 1.29 bits per heavy atom. The van der Waals surface area contributed by atoms with Crippen molar-refractivity contribution in [3.8, 4) is 0 Å². The number of nitrogens with one attached hydrogen (secondary N) is 1. The van der Waals surface area contributed by atoms with Crippen molar-refractivity contribution in [3.05, 3.63) is 5.01 Å². The molecule has 2 rings (SSSR count). The minimum Gasteiger partial charge on any atom is -0.313 e. The molecule has 0 saturated heterocycles. The lowest BCUT2D eigenvalue weighted by Crippen LogP contribution is -2.34. The van der Waals surface area contributed by atoms with Crippen molar-refractivity contribution < 1.29 is 0 Å². The van der Waals surface area contributed by atoms with Gasteiger partial charge in [-0.05, 0) is 38.5 Å². The van der Waals surface area contributed by atoms with Gasteiger partial charge in [-0.25, -0.2) is 0 Å². The van der Waals surface area contributed by atoms with Gasteiger partial charge in [-0.3, -0.25) is 0 Å². The van der Waals surface area contributed by atoms with E-state index in [9.17, 15) is 0 Å². The van der Waals surface area contributed by atoms with E-state index in [1.165, 1.54) is 25.7 Å². The van der Waals surface area contributed by atoms with Gasteiger partial charge in [0.25, 0.3) is 0 Å². The summed E-state index contributed by atoms with van der Waals surface area (Å²) in [4.78, 5) is 0. The Balaban J connectivity index is 1.57. The van der Waals surface area contributed by atoms with Gasteiger partial charge in [-0.1, -0.05) is 30.0 Å². The van der Waals surface area contributed by atoms with Gasteiger partial charge in [0, 0.05) is 18.3 Å². The van der Waals surface area contributed by atoms with E-state index in [-0.39, 0.29) is 0 Å². The monoisotopic (exact) mass is 271 g/mol. The smallest absolute Gasteiger partial charge is 0.174 e. The lowest BCUT2D eigenvalue weighted by atomic mass is 9.87. The summed E-state index contributed by atoms with van der Waals surface area (Å²) in [6.07, 6.45) is 5.48. The van der Waals surface area contributed by atoms with Gasteiger partial charge >= 0.3 is 0 Å². The molecule has 0 amide bonds. The zero-order chi connectivity index (χ0) is 12.1. The molecule has 0 atom stereocenters. The van der Waals surface area contributed by atoms with E-state index in [4.69, 9.17) is 0 Å². The highest BCUT2D eigenvalue weighted by molar-refractivity contribution is 8.01. The molecule has 0 bridgehead atoms. The highest BCUT2D eigenvalue weighted by Gasteiger charge is 2.17. The van der Waals surface area contributed by atoms with Crippen LogP contribution in [0.15, 0.2) is 4.34 Å². The average molecular weight is 271 g/mol. The molecule has 1 heterocycles. The van der Waals surface area contributed by atoms with Crippen LogP contribution in [-0.4, -0.2) is 28.5 Å². The lowest BCUT2D eigenvalue weighted by Gasteiger charge is -2.26. The minimum atomic E-state index is 0.753. The van der Waals surface area contributed by atoms with Gasteiger partial charge in [-0.15, -0.1) is 10.2 Å². The number of thioether (sulfide) groups is 1. The summed E-state index contributed by atoms with van der Waals surface area (Å²) < 4.78 is 1.10. The fraction of sp³-hybridized carbons (Fsp3) is 0.833. The van der Waals surface area contributed by atoms with E-state index in [1.807, 2.05) is 18.7 Å². The van der Waals surface area contributed by atoms with Crippen molar-refractivity contribution in [2.45, 2.75) is 49.9 Å². The molecule has 1 aromatic heterocycles. The van der Waals surface area contributed by atoms with Crippen LogP contribution in [0.3, 0.4) is 0 Å². The highest BCUT2D eigenvalue weighted by atomic mass is 32.2. The molecule has 1 aliphatic rings. The van der Waals surface area contributed by atoms with Crippen molar-refractivity contribution in [1.82, 2.24) is 15.5 Å². The van der Waals surface area contributed by atoms with E-state index in [0.29, 0.717) is 0 Å². The van der Waals surface area contributed by atoms with Crippen molar-refractivity contribution in [3.63, 3.8) is 0 Å². The van der Waals surface area contributed by atoms with E-state index >= 15 is 0 Å². The Morgan fingerprint density at radius 2 is 2.06 bits per heavy atom. The lowest BCUT2D eigenvalue weighted by molar-refractivity contribution is 0.312. The third kappa shape index (κ3) is 4.56. The standard InChI is InChI=1S/C12H21N3S2/c1-9-3-5-11(6-4-9)13-7-8-16-12-15-14-10(2)17-12/h9,11,13H,3-8H2,1-2H3. The fourth-order valence-electron chi connectivity index (χ4n) is 2.20. The second-order valence-corrected chi connectivity index (χ2v) is 7.37. The summed E-state index contributed by atoms with van der Waals surface area (Å²) in [5.41, 5.74) is 0. The molecule has 1 aromatic rings. The molecule has 1 saturated carbocycles. The quantitative estimate of drug-likeness (QED) is 0.659. The Bertz CT molecular complexity index is 332. The van der Waals surface area contributed by atoms with Gasteiger partial charge < -0.3 is 5.32 Å². The number of nitrogens with zero attached hydrogens (tertiary/aromatic N) is 2. The molecule has 96 valence electrons. The van der Waals surface area contributed by atoms with Gasteiger partial charge in [-0.2, -0.15) is 0 Å². The van der Waals surface area contributed by atoms with E-state index in [2.05, 4.69) is 22.4 Å². The molecule has 0 radical (unpaired) electrons. The second-order valence-electron chi connectivity index (χ2n) is 4.85. The number of aromatic nitrogens is 2. The molecule has 3 nitrogen and oxygen atoms in total. The molecular weight excluding hydrogens is 250 g/mol. The summed E-state index contributed by atoms with van der Waals surface area (Å²) in [5.74, 6) is 2.03. The molecule has 0 aliphatic heterocycles. The zero-order valence-electron chi connectivity index (χ0n) is 10.6. The molecule has 0 aromatic carbocycles. The predicted molar refractivity (Wildman–Crippen MR) is 74.8 cm³/mol. The first-order valence-corrected chi connectivity index (χ1v) is 8.20. The molecule has 0 spiro atoms. The highest BCUT2D eigenvalue weighted by Crippen LogP contribution is 2.24. The first kappa shape index (κ1) is 13.3. The van der Waals surface area contributed by atoms with Crippen LogP contribution < -0.4 is 5.32 Å². The second kappa shape index (κ2) is 6.71. The number of hydrogen-bond acceptors (Lipinski definition) is 5. The maximum Gasteiger partial charge on any atom is 0.174 e. The number of hydrogen-bond donors (Lipinski definition) is 1. The van der Waals surface area contributed by atoms with Gasteiger partial charge in [0.05, 0.1) is 0 Å². The van der Waals surface area contributed by atoms with Crippen LogP contribution in [0.1, 0.15) is 37.6 Å². The van der Waals surface area contributed by atoms with Crippen molar-refractivity contribution in [2.24, 2.45) is 5.92 Å².